The van der Waals surface area contributed by atoms with E-state index >= 15 is 0 Å². The number of nitrogens with two attached hydrogens (primary N) is 1. The Labute approximate surface area is 123 Å². The number of rotatable bonds is 4. The van der Waals surface area contributed by atoms with E-state index in [-0.39, 0.29) is 5.95 Å². The van der Waals surface area contributed by atoms with Gasteiger partial charge in [0.15, 0.2) is 0 Å². The average molecular weight is 281 g/mol. The SMILES string of the molecule is CCc1[nH]c2ccc(CNc3ccnc(N)n3)cc2c1C. The highest BCUT2D eigenvalue weighted by Crippen LogP contribution is 2.23. The van der Waals surface area contributed by atoms with Crippen LogP contribution in [0, 0.1) is 6.92 Å². The highest BCUT2D eigenvalue weighted by atomic mass is 15.1. The van der Waals surface area contributed by atoms with E-state index in [0.717, 1.165) is 12.2 Å². The Morgan fingerprint density at radius 1 is 1.29 bits per heavy atom. The molecule has 21 heavy (non-hydrogen) atoms. The molecule has 0 saturated heterocycles. The van der Waals surface area contributed by atoms with Crippen molar-refractivity contribution in [2.24, 2.45) is 0 Å². The van der Waals surface area contributed by atoms with Gasteiger partial charge >= 0.3 is 0 Å². The van der Waals surface area contributed by atoms with Gasteiger partial charge in [-0.25, -0.2) is 4.98 Å². The minimum absolute atomic E-state index is 0.282. The number of aryl methyl sites for hydroxylation is 2. The maximum absolute atomic E-state index is 5.57. The van der Waals surface area contributed by atoms with E-state index in [0.29, 0.717) is 6.54 Å². The Bertz CT molecular complexity index is 775. The van der Waals surface area contributed by atoms with E-state index in [9.17, 15) is 0 Å². The summed E-state index contributed by atoms with van der Waals surface area (Å²) in [6, 6.07) is 8.28. The molecule has 1 aromatic carbocycles. The zero-order valence-corrected chi connectivity index (χ0v) is 12.3. The fraction of sp³-hybridized carbons (Fsp3) is 0.250. The van der Waals surface area contributed by atoms with Gasteiger partial charge in [-0.3, -0.25) is 0 Å². The summed E-state index contributed by atoms with van der Waals surface area (Å²) in [5.41, 5.74) is 10.6. The van der Waals surface area contributed by atoms with Crippen LogP contribution in [0.1, 0.15) is 23.7 Å². The summed E-state index contributed by atoms with van der Waals surface area (Å²) in [6.45, 7) is 5.04. The molecule has 0 radical (unpaired) electrons. The molecule has 2 heterocycles. The molecular formula is C16H19N5. The van der Waals surface area contributed by atoms with E-state index in [1.54, 1.807) is 6.20 Å². The minimum atomic E-state index is 0.282. The Kier molecular flexibility index (Phi) is 3.48. The zero-order chi connectivity index (χ0) is 14.8. The van der Waals surface area contributed by atoms with Crippen LogP contribution >= 0.6 is 0 Å². The Morgan fingerprint density at radius 3 is 2.90 bits per heavy atom. The summed E-state index contributed by atoms with van der Waals surface area (Å²) in [6.07, 6.45) is 2.67. The van der Waals surface area contributed by atoms with Gasteiger partial charge in [-0.15, -0.1) is 0 Å². The summed E-state index contributed by atoms with van der Waals surface area (Å²) in [5.74, 6) is 1.02. The third kappa shape index (κ3) is 2.67. The maximum Gasteiger partial charge on any atom is 0.221 e. The number of hydrogen-bond donors (Lipinski definition) is 3. The molecule has 0 fully saturated rings. The molecule has 5 nitrogen and oxygen atoms in total. The van der Waals surface area contributed by atoms with E-state index in [2.05, 4.69) is 52.3 Å². The van der Waals surface area contributed by atoms with Crippen LogP contribution in [0.3, 0.4) is 0 Å². The van der Waals surface area contributed by atoms with Gasteiger partial charge < -0.3 is 16.0 Å². The fourth-order valence-electron chi connectivity index (χ4n) is 2.56. The summed E-state index contributed by atoms with van der Waals surface area (Å²) in [7, 11) is 0. The van der Waals surface area contributed by atoms with Gasteiger partial charge in [-0.1, -0.05) is 13.0 Å². The van der Waals surface area contributed by atoms with Crippen LogP contribution in [-0.2, 0) is 13.0 Å². The molecular weight excluding hydrogens is 262 g/mol. The lowest BCUT2D eigenvalue weighted by molar-refractivity contribution is 1.05. The number of hydrogen-bond acceptors (Lipinski definition) is 4. The molecule has 0 unspecified atom stereocenters. The number of nitrogens with one attached hydrogen (secondary N) is 2. The van der Waals surface area contributed by atoms with Gasteiger partial charge in [0.05, 0.1) is 0 Å². The number of H-pyrrole nitrogens is 1. The van der Waals surface area contributed by atoms with E-state index in [1.165, 1.54) is 27.7 Å². The van der Waals surface area contributed by atoms with Crippen molar-refractivity contribution in [3.05, 3.63) is 47.3 Å². The summed E-state index contributed by atoms with van der Waals surface area (Å²) < 4.78 is 0. The summed E-state index contributed by atoms with van der Waals surface area (Å²) in [4.78, 5) is 11.5. The second-order valence-corrected chi connectivity index (χ2v) is 5.12. The van der Waals surface area contributed by atoms with Gasteiger partial charge in [-0.05, 0) is 42.7 Å². The number of benzene rings is 1. The molecule has 3 rings (SSSR count). The molecule has 0 atom stereocenters. The van der Waals surface area contributed by atoms with Gasteiger partial charge in [-0.2, -0.15) is 4.98 Å². The largest absolute Gasteiger partial charge is 0.368 e. The molecule has 0 bridgehead atoms. The number of aromatic amines is 1. The second kappa shape index (κ2) is 5.44. The lowest BCUT2D eigenvalue weighted by Crippen LogP contribution is -2.03. The van der Waals surface area contributed by atoms with Crippen LogP contribution in [0.4, 0.5) is 11.8 Å². The van der Waals surface area contributed by atoms with Crippen LogP contribution in [-0.4, -0.2) is 15.0 Å². The van der Waals surface area contributed by atoms with Gasteiger partial charge in [0.1, 0.15) is 5.82 Å². The lowest BCUT2D eigenvalue weighted by Gasteiger charge is -2.06. The van der Waals surface area contributed by atoms with Crippen LogP contribution in [0.5, 0.6) is 0 Å². The first kappa shape index (κ1) is 13.4. The summed E-state index contributed by atoms with van der Waals surface area (Å²) in [5, 5.41) is 4.55. The number of fused-ring (bicyclic) bond motifs is 1. The maximum atomic E-state index is 5.57. The molecule has 0 saturated carbocycles. The van der Waals surface area contributed by atoms with Crippen molar-refractivity contribution in [1.29, 1.82) is 0 Å². The highest BCUT2D eigenvalue weighted by Gasteiger charge is 2.06. The molecule has 0 aliphatic carbocycles. The number of nitrogens with zero attached hydrogens (tertiary/aromatic N) is 2. The monoisotopic (exact) mass is 281 g/mol. The van der Waals surface area contributed by atoms with Crippen molar-refractivity contribution >= 4 is 22.7 Å². The van der Waals surface area contributed by atoms with Gasteiger partial charge in [0.25, 0.3) is 0 Å². The molecule has 3 aromatic rings. The smallest absolute Gasteiger partial charge is 0.221 e. The van der Waals surface area contributed by atoms with Crippen molar-refractivity contribution in [3.8, 4) is 0 Å². The first-order valence-corrected chi connectivity index (χ1v) is 7.10. The van der Waals surface area contributed by atoms with Crippen LogP contribution in [0.2, 0.25) is 0 Å². The number of nitrogen functional groups attached to an aromatic ring is 1. The molecule has 0 aliphatic heterocycles. The van der Waals surface area contributed by atoms with Gasteiger partial charge in [0, 0.05) is 29.3 Å². The van der Waals surface area contributed by atoms with E-state index < -0.39 is 0 Å². The Hall–Kier alpha value is -2.56. The standard InChI is InChI=1S/C16H19N5/c1-3-13-10(2)12-8-11(4-5-14(12)20-13)9-19-15-6-7-18-16(17)21-15/h4-8,20H,3,9H2,1-2H3,(H3,17,18,19,21). The number of aromatic nitrogens is 3. The predicted octanol–water partition coefficient (Wildman–Crippen LogP) is 3.02. The molecule has 0 aliphatic rings. The average Bonchev–Trinajstić information content (AvgIpc) is 2.81. The summed E-state index contributed by atoms with van der Waals surface area (Å²) >= 11 is 0. The van der Waals surface area contributed by atoms with Gasteiger partial charge in [0.2, 0.25) is 5.95 Å². The van der Waals surface area contributed by atoms with Crippen molar-refractivity contribution in [3.63, 3.8) is 0 Å². The van der Waals surface area contributed by atoms with Crippen molar-refractivity contribution < 1.29 is 0 Å². The normalized spacial score (nSPS) is 11.0. The molecule has 0 amide bonds. The lowest BCUT2D eigenvalue weighted by atomic mass is 10.1. The quantitative estimate of drug-likeness (QED) is 0.686. The first-order chi connectivity index (χ1) is 10.2. The molecule has 5 heteroatoms. The third-order valence-corrected chi connectivity index (χ3v) is 3.73. The number of anilines is 2. The molecule has 2 aromatic heterocycles. The highest BCUT2D eigenvalue weighted by molar-refractivity contribution is 5.85. The van der Waals surface area contributed by atoms with Crippen molar-refractivity contribution in [2.75, 3.05) is 11.1 Å². The van der Waals surface area contributed by atoms with E-state index in [1.807, 2.05) is 6.07 Å². The Morgan fingerprint density at radius 2 is 2.14 bits per heavy atom. The Balaban J connectivity index is 1.82. The van der Waals surface area contributed by atoms with Crippen LogP contribution in [0.15, 0.2) is 30.5 Å². The van der Waals surface area contributed by atoms with E-state index in [4.69, 9.17) is 5.73 Å². The fourth-order valence-corrected chi connectivity index (χ4v) is 2.56. The second-order valence-electron chi connectivity index (χ2n) is 5.12. The van der Waals surface area contributed by atoms with Crippen LogP contribution in [0.25, 0.3) is 10.9 Å². The third-order valence-electron chi connectivity index (χ3n) is 3.73. The first-order valence-electron chi connectivity index (χ1n) is 7.10. The van der Waals surface area contributed by atoms with Crippen LogP contribution < -0.4 is 11.1 Å². The minimum Gasteiger partial charge on any atom is -0.368 e. The molecule has 4 N–H and O–H groups in total. The molecule has 108 valence electrons. The zero-order valence-electron chi connectivity index (χ0n) is 12.3. The predicted molar refractivity (Wildman–Crippen MR) is 86.2 cm³/mol. The van der Waals surface area contributed by atoms with Crippen molar-refractivity contribution in [2.45, 2.75) is 26.8 Å². The van der Waals surface area contributed by atoms with Crippen molar-refractivity contribution in [1.82, 2.24) is 15.0 Å². The molecule has 0 spiro atoms. The topological polar surface area (TPSA) is 79.6 Å².